The van der Waals surface area contributed by atoms with E-state index in [1.54, 1.807) is 40.5 Å². The summed E-state index contributed by atoms with van der Waals surface area (Å²) in [5, 5.41) is 15.9. The van der Waals surface area contributed by atoms with Crippen molar-refractivity contribution in [1.29, 1.82) is 0 Å². The van der Waals surface area contributed by atoms with Gasteiger partial charge in [-0.05, 0) is 86.3 Å². The second-order valence-corrected chi connectivity index (χ2v) is 11.1. The van der Waals surface area contributed by atoms with E-state index in [-0.39, 0.29) is 17.7 Å². The van der Waals surface area contributed by atoms with E-state index < -0.39 is 5.60 Å². The minimum absolute atomic E-state index is 0.0116. The molecule has 196 valence electrons. The SMILES string of the molecule is CC(C)(C)OC(=O)N1CCN(c2ccc3cc(C(=O)Nc4cc(-c5cccs5)ccc4O)ccc3n2)CC1. The van der Waals surface area contributed by atoms with Gasteiger partial charge in [-0.3, -0.25) is 4.79 Å². The van der Waals surface area contributed by atoms with Gasteiger partial charge in [-0.2, -0.15) is 0 Å². The summed E-state index contributed by atoms with van der Waals surface area (Å²) in [5.74, 6) is 0.527. The lowest BCUT2D eigenvalue weighted by atomic mass is 10.1. The highest BCUT2D eigenvalue weighted by Gasteiger charge is 2.26. The number of carbonyl (C=O) groups excluding carboxylic acids is 2. The monoisotopic (exact) mass is 530 g/mol. The highest BCUT2D eigenvalue weighted by molar-refractivity contribution is 7.13. The smallest absolute Gasteiger partial charge is 0.410 e. The van der Waals surface area contributed by atoms with Gasteiger partial charge in [-0.15, -0.1) is 11.3 Å². The summed E-state index contributed by atoms with van der Waals surface area (Å²) in [4.78, 5) is 35.1. The Kier molecular flexibility index (Phi) is 6.94. The maximum atomic E-state index is 13.0. The molecular weight excluding hydrogens is 500 g/mol. The standard InChI is InChI=1S/C29H30N4O4S/c1-29(2,3)37-28(36)33-14-12-32(13-15-33)26-11-8-19-17-21(6-9-22(19)30-26)27(35)31-23-18-20(7-10-24(23)34)25-5-4-16-38-25/h4-11,16-18,34H,12-15H2,1-3H3,(H,31,35). The Morgan fingerprint density at radius 1 is 1.00 bits per heavy atom. The van der Waals surface area contributed by atoms with Crippen LogP contribution >= 0.6 is 11.3 Å². The van der Waals surface area contributed by atoms with Gasteiger partial charge in [0.15, 0.2) is 0 Å². The van der Waals surface area contributed by atoms with Gasteiger partial charge in [-0.1, -0.05) is 6.07 Å². The number of aromatic nitrogens is 1. The number of thiophene rings is 1. The molecule has 2 aromatic carbocycles. The van der Waals surface area contributed by atoms with E-state index >= 15 is 0 Å². The minimum atomic E-state index is -0.515. The number of rotatable bonds is 4. The first-order valence-corrected chi connectivity index (χ1v) is 13.4. The molecule has 9 heteroatoms. The molecule has 1 aliphatic rings. The van der Waals surface area contributed by atoms with Gasteiger partial charge < -0.3 is 25.0 Å². The second kappa shape index (κ2) is 10.3. The molecule has 0 atom stereocenters. The first kappa shape index (κ1) is 25.5. The molecule has 0 aliphatic carbocycles. The largest absolute Gasteiger partial charge is 0.506 e. The lowest BCUT2D eigenvalue weighted by Crippen LogP contribution is -2.50. The fraction of sp³-hybridized carbons (Fsp3) is 0.276. The van der Waals surface area contributed by atoms with E-state index in [1.807, 2.05) is 62.5 Å². The number of anilines is 2. The molecule has 8 nitrogen and oxygen atoms in total. The van der Waals surface area contributed by atoms with Gasteiger partial charge in [-0.25, -0.2) is 9.78 Å². The van der Waals surface area contributed by atoms with E-state index in [0.717, 1.165) is 27.2 Å². The molecule has 3 heterocycles. The number of amides is 2. The number of hydrogen-bond donors (Lipinski definition) is 2. The molecule has 0 bridgehead atoms. The average molecular weight is 531 g/mol. The van der Waals surface area contributed by atoms with Gasteiger partial charge in [0.05, 0.1) is 11.2 Å². The number of pyridine rings is 1. The number of piperazine rings is 1. The van der Waals surface area contributed by atoms with Crippen molar-refractivity contribution in [3.8, 4) is 16.2 Å². The van der Waals surface area contributed by atoms with Gasteiger partial charge >= 0.3 is 6.09 Å². The van der Waals surface area contributed by atoms with Crippen molar-refractivity contribution in [1.82, 2.24) is 9.88 Å². The van der Waals surface area contributed by atoms with Crippen LogP contribution in [0.5, 0.6) is 5.75 Å². The number of aromatic hydroxyl groups is 1. The topological polar surface area (TPSA) is 95.0 Å². The molecule has 1 saturated heterocycles. The summed E-state index contributed by atoms with van der Waals surface area (Å²) < 4.78 is 5.48. The number of nitrogens with zero attached hydrogens (tertiary/aromatic N) is 3. The lowest BCUT2D eigenvalue weighted by Gasteiger charge is -2.36. The van der Waals surface area contributed by atoms with Gasteiger partial charge in [0.25, 0.3) is 5.91 Å². The third-order valence-electron chi connectivity index (χ3n) is 6.24. The zero-order valence-electron chi connectivity index (χ0n) is 21.6. The predicted molar refractivity (Wildman–Crippen MR) is 151 cm³/mol. The van der Waals surface area contributed by atoms with E-state index in [9.17, 15) is 14.7 Å². The highest BCUT2D eigenvalue weighted by atomic mass is 32.1. The van der Waals surface area contributed by atoms with E-state index in [1.165, 1.54) is 0 Å². The molecule has 4 aromatic rings. The Hall–Kier alpha value is -4.11. The highest BCUT2D eigenvalue weighted by Crippen LogP contribution is 2.32. The van der Waals surface area contributed by atoms with Crippen molar-refractivity contribution in [3.63, 3.8) is 0 Å². The van der Waals surface area contributed by atoms with Crippen molar-refractivity contribution in [3.05, 3.63) is 71.6 Å². The molecule has 0 saturated carbocycles. The Labute approximate surface area is 225 Å². The Balaban J connectivity index is 1.26. The van der Waals surface area contributed by atoms with Crippen molar-refractivity contribution in [2.45, 2.75) is 26.4 Å². The second-order valence-electron chi connectivity index (χ2n) is 10.2. The molecule has 0 radical (unpaired) electrons. The van der Waals surface area contributed by atoms with Crippen molar-refractivity contribution < 1.29 is 19.4 Å². The number of fused-ring (bicyclic) bond motifs is 1. The van der Waals surface area contributed by atoms with Crippen molar-refractivity contribution in [2.24, 2.45) is 0 Å². The van der Waals surface area contributed by atoms with Crippen LogP contribution in [0, 0.1) is 0 Å². The van der Waals surface area contributed by atoms with Gasteiger partial charge in [0.2, 0.25) is 0 Å². The summed E-state index contributed by atoms with van der Waals surface area (Å²) in [7, 11) is 0. The number of phenols is 1. The van der Waals surface area contributed by atoms with Crippen LogP contribution in [0.2, 0.25) is 0 Å². The fourth-order valence-corrected chi connectivity index (χ4v) is 5.03. The maximum absolute atomic E-state index is 13.0. The Morgan fingerprint density at radius 3 is 2.50 bits per heavy atom. The first-order valence-electron chi connectivity index (χ1n) is 12.5. The molecule has 38 heavy (non-hydrogen) atoms. The van der Waals surface area contributed by atoms with Gasteiger partial charge in [0.1, 0.15) is 17.2 Å². The normalized spacial score (nSPS) is 14.0. The molecule has 5 rings (SSSR count). The number of ether oxygens (including phenoxy) is 1. The summed E-state index contributed by atoms with van der Waals surface area (Å²) in [6, 6.07) is 18.4. The van der Waals surface area contributed by atoms with E-state index in [0.29, 0.717) is 37.4 Å². The van der Waals surface area contributed by atoms with E-state index in [2.05, 4.69) is 10.2 Å². The summed E-state index contributed by atoms with van der Waals surface area (Å²) >= 11 is 1.59. The van der Waals surface area contributed by atoms with Crippen molar-refractivity contribution >= 4 is 45.7 Å². The van der Waals surface area contributed by atoms with Crippen LogP contribution in [0.1, 0.15) is 31.1 Å². The van der Waals surface area contributed by atoms with E-state index in [4.69, 9.17) is 9.72 Å². The van der Waals surface area contributed by atoms with Crippen LogP contribution in [0.25, 0.3) is 21.3 Å². The van der Waals surface area contributed by atoms with Crippen LogP contribution in [-0.2, 0) is 4.74 Å². The zero-order valence-corrected chi connectivity index (χ0v) is 22.4. The quantitative estimate of drug-likeness (QED) is 0.315. The van der Waals surface area contributed by atoms with Crippen LogP contribution in [0.15, 0.2) is 66.0 Å². The average Bonchev–Trinajstić information content (AvgIpc) is 3.43. The van der Waals surface area contributed by atoms with Gasteiger partial charge in [0, 0.05) is 42.0 Å². The molecule has 1 aliphatic heterocycles. The minimum Gasteiger partial charge on any atom is -0.506 e. The summed E-state index contributed by atoms with van der Waals surface area (Å²) in [5.41, 5.74) is 2.02. The van der Waals surface area contributed by atoms with Crippen molar-refractivity contribution in [2.75, 3.05) is 36.4 Å². The van der Waals surface area contributed by atoms with Crippen LogP contribution in [0.4, 0.5) is 16.3 Å². The maximum Gasteiger partial charge on any atom is 0.410 e. The van der Waals surface area contributed by atoms with Crippen LogP contribution in [0.3, 0.4) is 0 Å². The molecule has 2 amide bonds. The number of carbonyl (C=O) groups is 2. The summed E-state index contributed by atoms with van der Waals surface area (Å²) in [6.07, 6.45) is -0.291. The summed E-state index contributed by atoms with van der Waals surface area (Å²) in [6.45, 7) is 8.04. The third kappa shape index (κ3) is 5.73. The number of phenolic OH excluding ortho intramolecular Hbond substituents is 1. The van der Waals surface area contributed by atoms with Crippen LogP contribution < -0.4 is 10.2 Å². The molecule has 2 N–H and O–H groups in total. The number of benzene rings is 2. The fourth-order valence-electron chi connectivity index (χ4n) is 4.30. The molecule has 0 spiro atoms. The predicted octanol–water partition coefficient (Wildman–Crippen LogP) is 5.98. The molecule has 1 fully saturated rings. The molecule has 2 aromatic heterocycles. The third-order valence-corrected chi connectivity index (χ3v) is 7.16. The number of hydrogen-bond acceptors (Lipinski definition) is 7. The lowest BCUT2D eigenvalue weighted by molar-refractivity contribution is 0.0240. The molecular formula is C29H30N4O4S. The molecule has 0 unspecified atom stereocenters. The van der Waals surface area contributed by atoms with Crippen LogP contribution in [-0.4, -0.2) is 58.8 Å². The Morgan fingerprint density at radius 2 is 1.79 bits per heavy atom. The zero-order chi connectivity index (χ0) is 26.9. The number of nitrogens with one attached hydrogen (secondary N) is 1. The first-order chi connectivity index (χ1) is 18.2. The Bertz CT molecular complexity index is 1470.